The molecule has 0 aromatic heterocycles. The molecule has 2 rings (SSSR count). The van der Waals surface area contributed by atoms with Crippen molar-refractivity contribution >= 4 is 18.3 Å². The maximum absolute atomic E-state index is 12.8. The normalized spacial score (nSPS) is 14.6. The molecule has 1 aromatic carbocycles. The van der Waals surface area contributed by atoms with Crippen molar-refractivity contribution in [2.75, 3.05) is 19.6 Å². The Morgan fingerprint density at radius 3 is 2.82 bits per heavy atom. The molecule has 0 saturated carbocycles. The molecule has 0 aliphatic carbocycles. The van der Waals surface area contributed by atoms with Gasteiger partial charge in [0.15, 0.2) is 0 Å². The molecule has 1 fully saturated rings. The SMILES string of the molecule is Cl.O=C(NCCc1cccc(F)c1)C1CNC1. The third-order valence-electron chi connectivity index (χ3n) is 2.75. The first kappa shape index (κ1) is 13.9. The highest BCUT2D eigenvalue weighted by Crippen LogP contribution is 2.05. The van der Waals surface area contributed by atoms with Gasteiger partial charge in [-0.15, -0.1) is 12.4 Å². The Morgan fingerprint density at radius 1 is 1.47 bits per heavy atom. The lowest BCUT2D eigenvalue weighted by Gasteiger charge is -2.25. The molecule has 1 aliphatic heterocycles. The Bertz CT molecular complexity index is 383. The van der Waals surface area contributed by atoms with Gasteiger partial charge in [0.1, 0.15) is 5.82 Å². The minimum absolute atomic E-state index is 0. The molecule has 1 aliphatic rings. The summed E-state index contributed by atoms with van der Waals surface area (Å²) in [5, 5.41) is 5.90. The Hall–Kier alpha value is -1.13. The molecule has 0 bridgehead atoms. The molecule has 1 heterocycles. The fourth-order valence-electron chi connectivity index (χ4n) is 1.64. The van der Waals surface area contributed by atoms with Crippen LogP contribution in [0.3, 0.4) is 0 Å². The van der Waals surface area contributed by atoms with E-state index in [1.807, 2.05) is 6.07 Å². The van der Waals surface area contributed by atoms with Crippen LogP contribution in [0, 0.1) is 11.7 Å². The van der Waals surface area contributed by atoms with E-state index in [4.69, 9.17) is 0 Å². The number of carbonyl (C=O) groups excluding carboxylic acids is 1. The average Bonchev–Trinajstić information content (AvgIpc) is 2.15. The summed E-state index contributed by atoms with van der Waals surface area (Å²) < 4.78 is 12.8. The van der Waals surface area contributed by atoms with E-state index < -0.39 is 0 Å². The summed E-state index contributed by atoms with van der Waals surface area (Å²) in [5.41, 5.74) is 0.909. The number of nitrogens with one attached hydrogen (secondary N) is 2. The van der Waals surface area contributed by atoms with Gasteiger partial charge in [-0.2, -0.15) is 0 Å². The predicted molar refractivity (Wildman–Crippen MR) is 66.7 cm³/mol. The fraction of sp³-hybridized carbons (Fsp3) is 0.417. The standard InChI is InChI=1S/C12H15FN2O.ClH/c13-11-3-1-2-9(6-11)4-5-15-12(16)10-7-14-8-10;/h1-3,6,10,14H,4-5,7-8H2,(H,15,16);1H. The Balaban J connectivity index is 0.00000144. The third-order valence-corrected chi connectivity index (χ3v) is 2.75. The van der Waals surface area contributed by atoms with Gasteiger partial charge in [0, 0.05) is 19.6 Å². The van der Waals surface area contributed by atoms with Crippen molar-refractivity contribution in [2.45, 2.75) is 6.42 Å². The molecular weight excluding hydrogens is 243 g/mol. The van der Waals surface area contributed by atoms with Crippen LogP contribution in [0.2, 0.25) is 0 Å². The summed E-state index contributed by atoms with van der Waals surface area (Å²) in [6, 6.07) is 6.46. The van der Waals surface area contributed by atoms with Crippen molar-refractivity contribution in [3.8, 4) is 0 Å². The van der Waals surface area contributed by atoms with E-state index in [2.05, 4.69) is 10.6 Å². The summed E-state index contributed by atoms with van der Waals surface area (Å²) in [5.74, 6) is -0.0188. The molecule has 2 N–H and O–H groups in total. The van der Waals surface area contributed by atoms with Gasteiger partial charge in [0.25, 0.3) is 0 Å². The lowest BCUT2D eigenvalue weighted by molar-refractivity contribution is -0.126. The van der Waals surface area contributed by atoms with Crippen molar-refractivity contribution in [3.05, 3.63) is 35.6 Å². The highest BCUT2D eigenvalue weighted by atomic mass is 35.5. The molecule has 1 saturated heterocycles. The number of hydrogen-bond donors (Lipinski definition) is 2. The van der Waals surface area contributed by atoms with Crippen LogP contribution in [-0.4, -0.2) is 25.5 Å². The Kier molecular flexibility index (Phi) is 5.38. The van der Waals surface area contributed by atoms with Crippen molar-refractivity contribution < 1.29 is 9.18 Å². The lowest BCUT2D eigenvalue weighted by atomic mass is 10.0. The second-order valence-corrected chi connectivity index (χ2v) is 4.03. The van der Waals surface area contributed by atoms with Gasteiger partial charge >= 0.3 is 0 Å². The number of benzene rings is 1. The van der Waals surface area contributed by atoms with Crippen molar-refractivity contribution in [3.63, 3.8) is 0 Å². The van der Waals surface area contributed by atoms with E-state index in [-0.39, 0.29) is 30.0 Å². The second-order valence-electron chi connectivity index (χ2n) is 4.03. The first-order valence-electron chi connectivity index (χ1n) is 5.48. The van der Waals surface area contributed by atoms with Crippen LogP contribution in [0.1, 0.15) is 5.56 Å². The zero-order valence-corrected chi connectivity index (χ0v) is 10.2. The van der Waals surface area contributed by atoms with Crippen molar-refractivity contribution in [1.29, 1.82) is 0 Å². The fourth-order valence-corrected chi connectivity index (χ4v) is 1.64. The second kappa shape index (κ2) is 6.57. The zero-order chi connectivity index (χ0) is 11.4. The number of hydrogen-bond acceptors (Lipinski definition) is 2. The minimum Gasteiger partial charge on any atom is -0.355 e. The van der Waals surface area contributed by atoms with Crippen LogP contribution in [0.25, 0.3) is 0 Å². The maximum Gasteiger partial charge on any atom is 0.225 e. The van der Waals surface area contributed by atoms with Crippen molar-refractivity contribution in [2.24, 2.45) is 5.92 Å². The zero-order valence-electron chi connectivity index (χ0n) is 9.41. The molecule has 0 atom stereocenters. The Labute approximate surface area is 106 Å². The number of amides is 1. The topological polar surface area (TPSA) is 41.1 Å². The maximum atomic E-state index is 12.8. The smallest absolute Gasteiger partial charge is 0.225 e. The molecule has 0 spiro atoms. The lowest BCUT2D eigenvalue weighted by Crippen LogP contribution is -2.51. The third kappa shape index (κ3) is 3.98. The van der Waals surface area contributed by atoms with Crippen LogP contribution in [0.4, 0.5) is 4.39 Å². The minimum atomic E-state index is -0.230. The van der Waals surface area contributed by atoms with E-state index in [1.165, 1.54) is 12.1 Å². The van der Waals surface area contributed by atoms with Gasteiger partial charge in [-0.3, -0.25) is 4.79 Å². The number of halogens is 2. The molecular formula is C12H16ClFN2O. The summed E-state index contributed by atoms with van der Waals surface area (Å²) in [6.07, 6.45) is 0.670. The summed E-state index contributed by atoms with van der Waals surface area (Å²) in [7, 11) is 0. The van der Waals surface area contributed by atoms with E-state index in [9.17, 15) is 9.18 Å². The first-order valence-corrected chi connectivity index (χ1v) is 5.48. The van der Waals surface area contributed by atoms with Gasteiger partial charge in [-0.05, 0) is 24.1 Å². The van der Waals surface area contributed by atoms with Crippen LogP contribution in [0.5, 0.6) is 0 Å². The number of carbonyl (C=O) groups is 1. The quantitative estimate of drug-likeness (QED) is 0.850. The van der Waals surface area contributed by atoms with Gasteiger partial charge < -0.3 is 10.6 Å². The predicted octanol–water partition coefficient (Wildman–Crippen LogP) is 1.13. The number of rotatable bonds is 4. The monoisotopic (exact) mass is 258 g/mol. The van der Waals surface area contributed by atoms with Crippen molar-refractivity contribution in [1.82, 2.24) is 10.6 Å². The average molecular weight is 259 g/mol. The van der Waals surface area contributed by atoms with Gasteiger partial charge in [-0.25, -0.2) is 4.39 Å². The Morgan fingerprint density at radius 2 is 2.24 bits per heavy atom. The molecule has 94 valence electrons. The molecule has 0 unspecified atom stereocenters. The van der Waals surface area contributed by atoms with E-state index in [0.717, 1.165) is 18.7 Å². The molecule has 5 heteroatoms. The van der Waals surface area contributed by atoms with E-state index in [0.29, 0.717) is 13.0 Å². The van der Waals surface area contributed by atoms with Gasteiger partial charge in [0.2, 0.25) is 5.91 Å². The van der Waals surface area contributed by atoms with Crippen LogP contribution in [-0.2, 0) is 11.2 Å². The van der Waals surface area contributed by atoms with Gasteiger partial charge in [0.05, 0.1) is 5.92 Å². The van der Waals surface area contributed by atoms with Crippen LogP contribution in [0.15, 0.2) is 24.3 Å². The van der Waals surface area contributed by atoms with Crippen LogP contribution >= 0.6 is 12.4 Å². The largest absolute Gasteiger partial charge is 0.355 e. The highest BCUT2D eigenvalue weighted by Gasteiger charge is 2.23. The molecule has 0 radical (unpaired) electrons. The summed E-state index contributed by atoms with van der Waals surface area (Å²) in [4.78, 5) is 11.5. The molecule has 3 nitrogen and oxygen atoms in total. The highest BCUT2D eigenvalue weighted by molar-refractivity contribution is 5.85. The molecule has 17 heavy (non-hydrogen) atoms. The van der Waals surface area contributed by atoms with Crippen LogP contribution < -0.4 is 10.6 Å². The van der Waals surface area contributed by atoms with E-state index >= 15 is 0 Å². The first-order chi connectivity index (χ1) is 7.75. The van der Waals surface area contributed by atoms with Gasteiger partial charge in [-0.1, -0.05) is 12.1 Å². The molecule has 1 amide bonds. The van der Waals surface area contributed by atoms with E-state index in [1.54, 1.807) is 6.07 Å². The molecule has 1 aromatic rings. The summed E-state index contributed by atoms with van der Waals surface area (Å²) in [6.45, 7) is 2.11. The summed E-state index contributed by atoms with van der Waals surface area (Å²) >= 11 is 0.